The zero-order chi connectivity index (χ0) is 20.0. The van der Waals surface area contributed by atoms with E-state index in [2.05, 4.69) is 24.4 Å². The van der Waals surface area contributed by atoms with Crippen molar-refractivity contribution >= 4 is 12.1 Å². The van der Waals surface area contributed by atoms with Crippen molar-refractivity contribution in [1.29, 1.82) is 0 Å². The summed E-state index contributed by atoms with van der Waals surface area (Å²) in [6.07, 6.45) is -0.644. The van der Waals surface area contributed by atoms with Gasteiger partial charge in [0.1, 0.15) is 18.2 Å². The van der Waals surface area contributed by atoms with Crippen molar-refractivity contribution in [2.75, 3.05) is 0 Å². The van der Waals surface area contributed by atoms with Crippen LogP contribution in [0.25, 0.3) is 11.1 Å². The summed E-state index contributed by atoms with van der Waals surface area (Å²) in [4.78, 5) is 23.8. The Balaban J connectivity index is 1.88. The molecule has 0 bridgehead atoms. The number of rotatable bonds is 5. The Morgan fingerprint density at radius 3 is 2.26 bits per heavy atom. The maximum atomic E-state index is 12.1. The SMILES string of the molecule is Cc1ccccc1-c1ccc(COC(=O)C(C)NC(=O)OC(C)(C)C)cc1. The Hall–Kier alpha value is -2.82. The normalized spacial score (nSPS) is 12.2. The average molecular weight is 369 g/mol. The standard InChI is InChI=1S/C22H27NO4/c1-15-8-6-7-9-19(15)18-12-10-17(11-13-18)14-26-20(24)16(2)23-21(25)27-22(3,4)5/h6-13,16H,14H2,1-5H3,(H,23,25). The molecule has 0 saturated carbocycles. The van der Waals surface area contributed by atoms with Gasteiger partial charge in [-0.3, -0.25) is 0 Å². The summed E-state index contributed by atoms with van der Waals surface area (Å²) in [6, 6.07) is 15.3. The summed E-state index contributed by atoms with van der Waals surface area (Å²) >= 11 is 0. The molecule has 1 amide bonds. The predicted molar refractivity (Wildman–Crippen MR) is 105 cm³/mol. The van der Waals surface area contributed by atoms with Gasteiger partial charge in [0.2, 0.25) is 0 Å². The number of nitrogens with one attached hydrogen (secondary N) is 1. The van der Waals surface area contributed by atoms with Gasteiger partial charge in [0, 0.05) is 0 Å². The Labute approximate surface area is 160 Å². The van der Waals surface area contributed by atoms with E-state index in [1.165, 1.54) is 11.1 Å². The predicted octanol–water partition coefficient (Wildman–Crippen LogP) is 4.62. The molecule has 27 heavy (non-hydrogen) atoms. The van der Waals surface area contributed by atoms with E-state index in [1.54, 1.807) is 27.7 Å². The lowest BCUT2D eigenvalue weighted by Gasteiger charge is -2.21. The summed E-state index contributed by atoms with van der Waals surface area (Å²) in [6.45, 7) is 9.06. The van der Waals surface area contributed by atoms with Crippen LogP contribution >= 0.6 is 0 Å². The molecule has 0 spiro atoms. The third kappa shape index (κ3) is 6.44. The van der Waals surface area contributed by atoms with E-state index in [-0.39, 0.29) is 6.61 Å². The van der Waals surface area contributed by atoms with Crippen molar-refractivity contribution in [3.8, 4) is 11.1 Å². The third-order valence-electron chi connectivity index (χ3n) is 3.88. The molecule has 0 aliphatic heterocycles. The highest BCUT2D eigenvalue weighted by Gasteiger charge is 2.21. The minimum Gasteiger partial charge on any atom is -0.459 e. The Kier molecular flexibility index (Phi) is 6.61. The minimum atomic E-state index is -0.786. The van der Waals surface area contributed by atoms with Gasteiger partial charge in [-0.05, 0) is 56.9 Å². The lowest BCUT2D eigenvalue weighted by Crippen LogP contribution is -2.42. The molecule has 1 N–H and O–H groups in total. The molecule has 0 heterocycles. The van der Waals surface area contributed by atoms with Crippen LogP contribution in [0, 0.1) is 6.92 Å². The van der Waals surface area contributed by atoms with Crippen LogP contribution in [0.3, 0.4) is 0 Å². The van der Waals surface area contributed by atoms with Gasteiger partial charge in [-0.15, -0.1) is 0 Å². The van der Waals surface area contributed by atoms with Crippen LogP contribution in [0.2, 0.25) is 0 Å². The molecule has 2 rings (SSSR count). The Bertz CT molecular complexity index is 791. The maximum absolute atomic E-state index is 12.1. The second-order valence-electron chi connectivity index (χ2n) is 7.49. The number of hydrogen-bond acceptors (Lipinski definition) is 4. The lowest BCUT2D eigenvalue weighted by atomic mass is 10.00. The zero-order valence-electron chi connectivity index (χ0n) is 16.5. The van der Waals surface area contributed by atoms with Crippen molar-refractivity contribution in [3.63, 3.8) is 0 Å². The highest BCUT2D eigenvalue weighted by Crippen LogP contribution is 2.23. The molecular weight excluding hydrogens is 342 g/mol. The van der Waals surface area contributed by atoms with E-state index < -0.39 is 23.7 Å². The Morgan fingerprint density at radius 2 is 1.67 bits per heavy atom. The van der Waals surface area contributed by atoms with Gasteiger partial charge in [0.05, 0.1) is 0 Å². The van der Waals surface area contributed by atoms with Crippen LogP contribution in [0.5, 0.6) is 0 Å². The molecule has 5 heteroatoms. The fourth-order valence-electron chi connectivity index (χ4n) is 2.50. The number of aryl methyl sites for hydroxylation is 1. The summed E-state index contributed by atoms with van der Waals surface area (Å²) in [5.41, 5.74) is 3.76. The highest BCUT2D eigenvalue weighted by molar-refractivity contribution is 5.81. The quantitative estimate of drug-likeness (QED) is 0.781. The molecule has 144 valence electrons. The van der Waals surface area contributed by atoms with E-state index in [1.807, 2.05) is 36.4 Å². The first kappa shape index (κ1) is 20.5. The van der Waals surface area contributed by atoms with Crippen LogP contribution in [0.1, 0.15) is 38.8 Å². The van der Waals surface area contributed by atoms with Gasteiger partial charge in [0.25, 0.3) is 0 Å². The van der Waals surface area contributed by atoms with Crippen molar-refractivity contribution in [3.05, 3.63) is 59.7 Å². The molecule has 0 aromatic heterocycles. The van der Waals surface area contributed by atoms with Gasteiger partial charge in [0.15, 0.2) is 0 Å². The molecule has 0 fully saturated rings. The largest absolute Gasteiger partial charge is 0.459 e. The van der Waals surface area contributed by atoms with Crippen LogP contribution in [-0.2, 0) is 20.9 Å². The van der Waals surface area contributed by atoms with Gasteiger partial charge < -0.3 is 14.8 Å². The van der Waals surface area contributed by atoms with Crippen LogP contribution in [0.15, 0.2) is 48.5 Å². The minimum absolute atomic E-state index is 0.146. The van der Waals surface area contributed by atoms with Gasteiger partial charge in [-0.25, -0.2) is 9.59 Å². The maximum Gasteiger partial charge on any atom is 0.408 e. The molecule has 2 aromatic rings. The van der Waals surface area contributed by atoms with E-state index in [0.717, 1.165) is 11.1 Å². The summed E-state index contributed by atoms with van der Waals surface area (Å²) in [5.74, 6) is -0.510. The number of esters is 1. The van der Waals surface area contributed by atoms with E-state index in [9.17, 15) is 9.59 Å². The van der Waals surface area contributed by atoms with Crippen LogP contribution in [-0.4, -0.2) is 23.7 Å². The number of amides is 1. The first-order valence-corrected chi connectivity index (χ1v) is 8.97. The second-order valence-corrected chi connectivity index (χ2v) is 7.49. The molecule has 1 unspecified atom stereocenters. The molecule has 5 nitrogen and oxygen atoms in total. The van der Waals surface area contributed by atoms with E-state index in [0.29, 0.717) is 0 Å². The number of alkyl carbamates (subject to hydrolysis) is 1. The first-order chi connectivity index (χ1) is 12.7. The highest BCUT2D eigenvalue weighted by atomic mass is 16.6. The number of carbonyl (C=O) groups excluding carboxylic acids is 2. The number of benzene rings is 2. The monoisotopic (exact) mass is 369 g/mol. The van der Waals surface area contributed by atoms with Crippen molar-refractivity contribution < 1.29 is 19.1 Å². The molecule has 1 atom stereocenters. The van der Waals surface area contributed by atoms with Crippen LogP contribution in [0.4, 0.5) is 4.79 Å². The van der Waals surface area contributed by atoms with Crippen LogP contribution < -0.4 is 5.32 Å². The third-order valence-corrected chi connectivity index (χ3v) is 3.88. The number of hydrogen-bond donors (Lipinski definition) is 1. The van der Waals surface area contributed by atoms with Gasteiger partial charge in [-0.1, -0.05) is 48.5 Å². The fraction of sp³-hybridized carbons (Fsp3) is 0.364. The smallest absolute Gasteiger partial charge is 0.408 e. The fourth-order valence-corrected chi connectivity index (χ4v) is 2.50. The lowest BCUT2D eigenvalue weighted by molar-refractivity contribution is -0.147. The number of ether oxygens (including phenoxy) is 2. The summed E-state index contributed by atoms with van der Waals surface area (Å²) in [7, 11) is 0. The summed E-state index contributed by atoms with van der Waals surface area (Å²) < 4.78 is 10.4. The Morgan fingerprint density at radius 1 is 1.04 bits per heavy atom. The molecule has 0 aliphatic carbocycles. The molecule has 0 aliphatic rings. The molecule has 0 saturated heterocycles. The average Bonchev–Trinajstić information content (AvgIpc) is 2.59. The van der Waals surface area contributed by atoms with Gasteiger partial charge >= 0.3 is 12.1 Å². The second kappa shape index (κ2) is 8.71. The first-order valence-electron chi connectivity index (χ1n) is 8.97. The van der Waals surface area contributed by atoms with Crippen molar-refractivity contribution in [2.45, 2.75) is 52.9 Å². The van der Waals surface area contributed by atoms with E-state index in [4.69, 9.17) is 9.47 Å². The topological polar surface area (TPSA) is 64.6 Å². The van der Waals surface area contributed by atoms with E-state index >= 15 is 0 Å². The van der Waals surface area contributed by atoms with Crippen molar-refractivity contribution in [1.82, 2.24) is 5.32 Å². The molecule has 0 radical (unpaired) electrons. The molecule has 2 aromatic carbocycles. The number of carbonyl (C=O) groups is 2. The van der Waals surface area contributed by atoms with Crippen molar-refractivity contribution in [2.24, 2.45) is 0 Å². The summed E-state index contributed by atoms with van der Waals surface area (Å²) in [5, 5.41) is 2.47. The zero-order valence-corrected chi connectivity index (χ0v) is 16.5. The van der Waals surface area contributed by atoms with Gasteiger partial charge in [-0.2, -0.15) is 0 Å². The molecular formula is C22H27NO4.